The molecule has 0 aliphatic rings. The minimum Gasteiger partial charge on any atom is -0.470 e. The molecule has 1 N–H and O–H groups in total. The van der Waals surface area contributed by atoms with Crippen LogP contribution >= 0.6 is 0 Å². The van der Waals surface area contributed by atoms with E-state index in [9.17, 15) is 0 Å². The quantitative estimate of drug-likeness (QED) is 0.483. The molecular weight excluding hydrogens is 202 g/mol. The molecule has 0 saturated heterocycles. The van der Waals surface area contributed by atoms with Crippen LogP contribution < -0.4 is 0 Å². The SMILES string of the molecule is C=C/C=C\OC(=C)CCN(CCO)C(C)C. The number of hydrogen-bond donors (Lipinski definition) is 1. The fourth-order valence-electron chi connectivity index (χ4n) is 1.27. The Balaban J connectivity index is 3.86. The third-order valence-corrected chi connectivity index (χ3v) is 2.24. The summed E-state index contributed by atoms with van der Waals surface area (Å²) < 4.78 is 5.26. The Labute approximate surface area is 98.7 Å². The first kappa shape index (κ1) is 14.9. The van der Waals surface area contributed by atoms with Gasteiger partial charge in [-0.3, -0.25) is 4.90 Å². The van der Waals surface area contributed by atoms with E-state index in [0.29, 0.717) is 12.6 Å². The molecular formula is C13H23NO2. The van der Waals surface area contributed by atoms with Crippen molar-refractivity contribution in [2.24, 2.45) is 0 Å². The van der Waals surface area contributed by atoms with Crippen molar-refractivity contribution in [2.75, 3.05) is 19.7 Å². The first-order valence-corrected chi connectivity index (χ1v) is 5.58. The second-order valence-electron chi connectivity index (χ2n) is 3.82. The summed E-state index contributed by atoms with van der Waals surface area (Å²) in [7, 11) is 0. The maximum Gasteiger partial charge on any atom is 0.0973 e. The molecule has 92 valence electrons. The highest BCUT2D eigenvalue weighted by Crippen LogP contribution is 2.06. The summed E-state index contributed by atoms with van der Waals surface area (Å²) in [5.41, 5.74) is 0. The number of aliphatic hydroxyl groups excluding tert-OH is 1. The number of rotatable bonds is 9. The van der Waals surface area contributed by atoms with Gasteiger partial charge in [-0.05, 0) is 19.9 Å². The zero-order chi connectivity index (χ0) is 12.4. The van der Waals surface area contributed by atoms with Gasteiger partial charge in [-0.15, -0.1) is 0 Å². The molecule has 0 amide bonds. The highest BCUT2D eigenvalue weighted by Gasteiger charge is 2.08. The Morgan fingerprint density at radius 1 is 1.44 bits per heavy atom. The van der Waals surface area contributed by atoms with Crippen molar-refractivity contribution >= 4 is 0 Å². The topological polar surface area (TPSA) is 32.7 Å². The molecule has 3 nitrogen and oxygen atoms in total. The molecule has 0 spiro atoms. The summed E-state index contributed by atoms with van der Waals surface area (Å²) >= 11 is 0. The minimum absolute atomic E-state index is 0.182. The Kier molecular flexibility index (Phi) is 8.58. The van der Waals surface area contributed by atoms with Crippen LogP contribution in [-0.4, -0.2) is 35.7 Å². The largest absolute Gasteiger partial charge is 0.470 e. The monoisotopic (exact) mass is 225 g/mol. The van der Waals surface area contributed by atoms with Crippen LogP contribution in [0.25, 0.3) is 0 Å². The maximum atomic E-state index is 8.91. The van der Waals surface area contributed by atoms with E-state index < -0.39 is 0 Å². The summed E-state index contributed by atoms with van der Waals surface area (Å²) in [5.74, 6) is 0.724. The molecule has 0 atom stereocenters. The van der Waals surface area contributed by atoms with Crippen molar-refractivity contribution in [1.82, 2.24) is 4.90 Å². The zero-order valence-corrected chi connectivity index (χ0v) is 10.4. The smallest absolute Gasteiger partial charge is 0.0973 e. The maximum absolute atomic E-state index is 8.91. The molecule has 0 heterocycles. The lowest BCUT2D eigenvalue weighted by atomic mass is 10.2. The predicted octanol–water partition coefficient (Wildman–Crippen LogP) is 2.31. The van der Waals surface area contributed by atoms with E-state index in [1.54, 1.807) is 18.4 Å². The Morgan fingerprint density at radius 2 is 2.12 bits per heavy atom. The molecule has 0 fully saturated rings. The van der Waals surface area contributed by atoms with E-state index in [1.807, 2.05) is 0 Å². The van der Waals surface area contributed by atoms with Crippen molar-refractivity contribution < 1.29 is 9.84 Å². The van der Waals surface area contributed by atoms with E-state index >= 15 is 0 Å². The van der Waals surface area contributed by atoms with E-state index in [4.69, 9.17) is 9.84 Å². The van der Waals surface area contributed by atoms with Gasteiger partial charge >= 0.3 is 0 Å². The van der Waals surface area contributed by atoms with Crippen LogP contribution in [0.4, 0.5) is 0 Å². The van der Waals surface area contributed by atoms with Crippen molar-refractivity contribution in [3.05, 3.63) is 37.3 Å². The van der Waals surface area contributed by atoms with Gasteiger partial charge in [-0.2, -0.15) is 0 Å². The van der Waals surface area contributed by atoms with Gasteiger partial charge in [0.2, 0.25) is 0 Å². The predicted molar refractivity (Wildman–Crippen MR) is 68.0 cm³/mol. The molecule has 0 aliphatic carbocycles. The van der Waals surface area contributed by atoms with E-state index in [1.165, 1.54) is 0 Å². The number of hydrogen-bond acceptors (Lipinski definition) is 3. The summed E-state index contributed by atoms with van der Waals surface area (Å²) in [5, 5.41) is 8.91. The molecule has 0 saturated carbocycles. The highest BCUT2D eigenvalue weighted by molar-refractivity contribution is 4.96. The van der Waals surface area contributed by atoms with Gasteiger partial charge in [-0.25, -0.2) is 0 Å². The van der Waals surface area contributed by atoms with E-state index in [-0.39, 0.29) is 6.61 Å². The van der Waals surface area contributed by atoms with Gasteiger partial charge in [-0.1, -0.05) is 19.2 Å². The zero-order valence-electron chi connectivity index (χ0n) is 10.4. The molecule has 0 bridgehead atoms. The van der Waals surface area contributed by atoms with Crippen molar-refractivity contribution in [3.8, 4) is 0 Å². The summed E-state index contributed by atoms with van der Waals surface area (Å²) in [6.45, 7) is 13.3. The molecule has 3 heteroatoms. The summed E-state index contributed by atoms with van der Waals surface area (Å²) in [4.78, 5) is 2.19. The standard InChI is InChI=1S/C13H23NO2/c1-5-6-11-16-13(4)7-8-14(9-10-15)12(2)3/h5-6,11-12,15H,1,4,7-10H2,2-3H3/b11-6-. The van der Waals surface area contributed by atoms with Crippen LogP contribution in [0.1, 0.15) is 20.3 Å². The lowest BCUT2D eigenvalue weighted by Gasteiger charge is -2.25. The lowest BCUT2D eigenvalue weighted by Crippen LogP contribution is -2.34. The molecule has 0 aromatic heterocycles. The average Bonchev–Trinajstić information content (AvgIpc) is 2.24. The highest BCUT2D eigenvalue weighted by atomic mass is 16.5. The summed E-state index contributed by atoms with van der Waals surface area (Å²) in [6.07, 6.45) is 5.71. The molecule has 0 aromatic rings. The minimum atomic E-state index is 0.182. The molecule has 0 rings (SSSR count). The first-order valence-electron chi connectivity index (χ1n) is 5.58. The summed E-state index contributed by atoms with van der Waals surface area (Å²) in [6, 6.07) is 0.420. The Bertz CT molecular complexity index is 234. The van der Waals surface area contributed by atoms with Crippen LogP contribution in [0.5, 0.6) is 0 Å². The average molecular weight is 225 g/mol. The third-order valence-electron chi connectivity index (χ3n) is 2.24. The number of allylic oxidation sites excluding steroid dienone is 2. The second kappa shape index (κ2) is 9.19. The fraction of sp³-hybridized carbons (Fsp3) is 0.538. The number of aliphatic hydroxyl groups is 1. The van der Waals surface area contributed by atoms with Gasteiger partial charge in [0.05, 0.1) is 18.6 Å². The van der Waals surface area contributed by atoms with Crippen molar-refractivity contribution in [3.63, 3.8) is 0 Å². The van der Waals surface area contributed by atoms with Crippen LogP contribution in [0.15, 0.2) is 37.3 Å². The molecule has 0 unspecified atom stereocenters. The number of ether oxygens (including phenoxy) is 1. The Morgan fingerprint density at radius 3 is 2.62 bits per heavy atom. The Hall–Kier alpha value is -1.06. The van der Waals surface area contributed by atoms with Gasteiger partial charge < -0.3 is 9.84 Å². The van der Waals surface area contributed by atoms with Crippen LogP contribution in [0.3, 0.4) is 0 Å². The van der Waals surface area contributed by atoms with Gasteiger partial charge in [0, 0.05) is 25.6 Å². The molecule has 16 heavy (non-hydrogen) atoms. The lowest BCUT2D eigenvalue weighted by molar-refractivity contribution is 0.161. The van der Waals surface area contributed by atoms with Crippen LogP contribution in [0.2, 0.25) is 0 Å². The first-order chi connectivity index (χ1) is 7.61. The third kappa shape index (κ3) is 7.26. The van der Waals surface area contributed by atoms with Crippen LogP contribution in [-0.2, 0) is 4.74 Å². The van der Waals surface area contributed by atoms with Gasteiger partial charge in [0.25, 0.3) is 0 Å². The fourth-order valence-corrected chi connectivity index (χ4v) is 1.27. The molecule has 0 aromatic carbocycles. The number of nitrogens with zero attached hydrogens (tertiary/aromatic N) is 1. The van der Waals surface area contributed by atoms with Crippen molar-refractivity contribution in [2.45, 2.75) is 26.3 Å². The molecule has 0 radical (unpaired) electrons. The van der Waals surface area contributed by atoms with Gasteiger partial charge in [0.15, 0.2) is 0 Å². The van der Waals surface area contributed by atoms with Crippen molar-refractivity contribution in [1.29, 1.82) is 0 Å². The van der Waals surface area contributed by atoms with Crippen LogP contribution in [0, 0.1) is 0 Å². The molecule has 0 aliphatic heterocycles. The van der Waals surface area contributed by atoms with E-state index in [0.717, 1.165) is 18.7 Å². The second-order valence-corrected chi connectivity index (χ2v) is 3.82. The van der Waals surface area contributed by atoms with Gasteiger partial charge in [0.1, 0.15) is 0 Å². The van der Waals surface area contributed by atoms with E-state index in [2.05, 4.69) is 31.9 Å². The normalized spacial score (nSPS) is 11.3.